The molecule has 17 heavy (non-hydrogen) atoms. The molecule has 0 heterocycles. The van der Waals surface area contributed by atoms with Crippen molar-refractivity contribution in [1.82, 2.24) is 5.32 Å². The molecule has 1 N–H and O–H groups in total. The predicted molar refractivity (Wildman–Crippen MR) is 71.0 cm³/mol. The van der Waals surface area contributed by atoms with Crippen LogP contribution in [0.4, 0.5) is 0 Å². The summed E-state index contributed by atoms with van der Waals surface area (Å²) in [6.45, 7) is 5.70. The van der Waals surface area contributed by atoms with Crippen molar-refractivity contribution in [2.24, 2.45) is 0 Å². The summed E-state index contributed by atoms with van der Waals surface area (Å²) in [6, 6.07) is 7.02. The Kier molecular flexibility index (Phi) is 4.71. The van der Waals surface area contributed by atoms with E-state index in [1.807, 2.05) is 26.0 Å². The monoisotopic (exact) mass is 255 g/mol. The molecule has 1 aromatic rings. The van der Waals surface area contributed by atoms with Crippen molar-refractivity contribution in [2.45, 2.75) is 43.4 Å². The second-order valence-electron chi connectivity index (χ2n) is 4.37. The lowest BCUT2D eigenvalue weighted by atomic mass is 10.2. The molecule has 0 aliphatic rings. The minimum Gasteiger partial charge on any atom is -0.316 e. The van der Waals surface area contributed by atoms with Crippen LogP contribution in [0.5, 0.6) is 0 Å². The van der Waals surface area contributed by atoms with Crippen LogP contribution in [0.2, 0.25) is 0 Å². The maximum absolute atomic E-state index is 12.4. The second kappa shape index (κ2) is 5.65. The van der Waals surface area contributed by atoms with Gasteiger partial charge in [-0.15, -0.1) is 0 Å². The summed E-state index contributed by atoms with van der Waals surface area (Å²) in [7, 11) is -1.44. The van der Waals surface area contributed by atoms with Gasteiger partial charge in [-0.25, -0.2) is 8.42 Å². The standard InChI is InChI=1S/C13H21NO2S/c1-5-13(14-4)11(3)17(15,16)12-8-6-10(2)7-9-12/h6-9,11,13-14H,5H2,1-4H3. The summed E-state index contributed by atoms with van der Waals surface area (Å²) in [6.07, 6.45) is 0.794. The summed E-state index contributed by atoms with van der Waals surface area (Å²) in [5, 5.41) is 2.64. The molecule has 1 aromatic carbocycles. The first-order chi connectivity index (χ1) is 7.93. The average Bonchev–Trinajstić information content (AvgIpc) is 2.31. The van der Waals surface area contributed by atoms with Gasteiger partial charge < -0.3 is 5.32 Å². The van der Waals surface area contributed by atoms with Gasteiger partial charge >= 0.3 is 0 Å². The van der Waals surface area contributed by atoms with E-state index in [0.29, 0.717) is 4.90 Å². The zero-order valence-corrected chi connectivity index (χ0v) is 11.7. The molecule has 4 heteroatoms. The van der Waals surface area contributed by atoms with E-state index in [0.717, 1.165) is 12.0 Å². The van der Waals surface area contributed by atoms with E-state index in [2.05, 4.69) is 5.32 Å². The largest absolute Gasteiger partial charge is 0.316 e. The zero-order chi connectivity index (χ0) is 13.1. The summed E-state index contributed by atoms with van der Waals surface area (Å²) < 4.78 is 24.7. The van der Waals surface area contributed by atoms with Crippen LogP contribution >= 0.6 is 0 Å². The van der Waals surface area contributed by atoms with Crippen LogP contribution in [0.1, 0.15) is 25.8 Å². The van der Waals surface area contributed by atoms with Crippen LogP contribution in [0.25, 0.3) is 0 Å². The topological polar surface area (TPSA) is 46.2 Å². The summed E-state index contributed by atoms with van der Waals surface area (Å²) in [5.74, 6) is 0. The van der Waals surface area contributed by atoms with Crippen molar-refractivity contribution in [3.63, 3.8) is 0 Å². The molecule has 0 saturated heterocycles. The third-order valence-corrected chi connectivity index (χ3v) is 5.45. The smallest absolute Gasteiger partial charge is 0.182 e. The molecular formula is C13H21NO2S. The molecule has 0 saturated carbocycles. The van der Waals surface area contributed by atoms with Gasteiger partial charge in [0.05, 0.1) is 10.1 Å². The summed E-state index contributed by atoms with van der Waals surface area (Å²) in [4.78, 5) is 0.407. The molecule has 0 spiro atoms. The quantitative estimate of drug-likeness (QED) is 0.877. The number of nitrogens with one attached hydrogen (secondary N) is 1. The lowest BCUT2D eigenvalue weighted by Crippen LogP contribution is -2.40. The first kappa shape index (κ1) is 14.2. The lowest BCUT2D eigenvalue weighted by molar-refractivity contribution is 0.505. The van der Waals surface area contributed by atoms with Crippen molar-refractivity contribution in [1.29, 1.82) is 0 Å². The van der Waals surface area contributed by atoms with Crippen LogP contribution in [-0.4, -0.2) is 26.8 Å². The van der Waals surface area contributed by atoms with E-state index in [-0.39, 0.29) is 6.04 Å². The molecule has 0 aliphatic heterocycles. The number of sulfone groups is 1. The molecule has 1 rings (SSSR count). The number of aryl methyl sites for hydroxylation is 1. The highest BCUT2D eigenvalue weighted by atomic mass is 32.2. The van der Waals surface area contributed by atoms with Crippen LogP contribution in [0.15, 0.2) is 29.2 Å². The number of hydrogen-bond acceptors (Lipinski definition) is 3. The van der Waals surface area contributed by atoms with E-state index >= 15 is 0 Å². The van der Waals surface area contributed by atoms with Gasteiger partial charge in [-0.2, -0.15) is 0 Å². The van der Waals surface area contributed by atoms with Gasteiger partial charge in [0.15, 0.2) is 9.84 Å². The Morgan fingerprint density at radius 2 is 1.76 bits per heavy atom. The molecule has 0 radical (unpaired) electrons. The van der Waals surface area contributed by atoms with Crippen molar-refractivity contribution in [2.75, 3.05) is 7.05 Å². The molecular weight excluding hydrogens is 234 g/mol. The Morgan fingerprint density at radius 1 is 1.24 bits per heavy atom. The first-order valence-electron chi connectivity index (χ1n) is 5.91. The Morgan fingerprint density at radius 3 is 2.18 bits per heavy atom. The fourth-order valence-corrected chi connectivity index (χ4v) is 3.64. The van der Waals surface area contributed by atoms with Gasteiger partial charge in [0.25, 0.3) is 0 Å². The Labute approximate surface area is 104 Å². The van der Waals surface area contributed by atoms with Gasteiger partial charge in [0.2, 0.25) is 0 Å². The van der Waals surface area contributed by atoms with Gasteiger partial charge in [-0.1, -0.05) is 24.6 Å². The minimum absolute atomic E-state index is 0.0127. The van der Waals surface area contributed by atoms with Crippen molar-refractivity contribution >= 4 is 9.84 Å². The van der Waals surface area contributed by atoms with Gasteiger partial charge in [-0.05, 0) is 39.4 Å². The molecule has 0 aromatic heterocycles. The molecule has 96 valence electrons. The van der Waals surface area contributed by atoms with Gasteiger partial charge in [-0.3, -0.25) is 0 Å². The maximum atomic E-state index is 12.4. The highest BCUT2D eigenvalue weighted by molar-refractivity contribution is 7.92. The van der Waals surface area contributed by atoms with E-state index in [4.69, 9.17) is 0 Å². The van der Waals surface area contributed by atoms with Gasteiger partial charge in [0.1, 0.15) is 0 Å². The van der Waals surface area contributed by atoms with Crippen LogP contribution in [-0.2, 0) is 9.84 Å². The molecule has 2 atom stereocenters. The van der Waals surface area contributed by atoms with E-state index in [1.54, 1.807) is 26.1 Å². The normalized spacial score (nSPS) is 15.5. The average molecular weight is 255 g/mol. The Bertz CT molecular complexity index is 447. The Hall–Kier alpha value is -0.870. The van der Waals surface area contributed by atoms with Crippen LogP contribution in [0, 0.1) is 6.92 Å². The summed E-state index contributed by atoms with van der Waals surface area (Å²) in [5.41, 5.74) is 1.07. The van der Waals surface area contributed by atoms with E-state index in [9.17, 15) is 8.42 Å². The highest BCUT2D eigenvalue weighted by Crippen LogP contribution is 2.19. The molecule has 0 aliphatic carbocycles. The number of rotatable bonds is 5. The second-order valence-corrected chi connectivity index (χ2v) is 6.67. The first-order valence-corrected chi connectivity index (χ1v) is 7.46. The summed E-state index contributed by atoms with van der Waals surface area (Å²) >= 11 is 0. The Balaban J connectivity index is 3.06. The minimum atomic E-state index is -3.24. The molecule has 2 unspecified atom stereocenters. The van der Waals surface area contributed by atoms with Crippen molar-refractivity contribution < 1.29 is 8.42 Å². The fourth-order valence-electron chi connectivity index (χ4n) is 1.93. The molecule has 3 nitrogen and oxygen atoms in total. The lowest BCUT2D eigenvalue weighted by Gasteiger charge is -2.22. The molecule has 0 fully saturated rings. The van der Waals surface area contributed by atoms with Crippen LogP contribution < -0.4 is 5.32 Å². The van der Waals surface area contributed by atoms with E-state index in [1.165, 1.54) is 0 Å². The number of benzene rings is 1. The third kappa shape index (κ3) is 3.07. The SMILES string of the molecule is CCC(NC)C(C)S(=O)(=O)c1ccc(C)cc1. The van der Waals surface area contributed by atoms with Gasteiger partial charge in [0, 0.05) is 6.04 Å². The van der Waals surface area contributed by atoms with E-state index < -0.39 is 15.1 Å². The predicted octanol–water partition coefficient (Wildman–Crippen LogP) is 2.16. The maximum Gasteiger partial charge on any atom is 0.182 e. The van der Waals surface area contributed by atoms with Crippen molar-refractivity contribution in [3.8, 4) is 0 Å². The van der Waals surface area contributed by atoms with Crippen LogP contribution in [0.3, 0.4) is 0 Å². The third-order valence-electron chi connectivity index (χ3n) is 3.22. The fraction of sp³-hybridized carbons (Fsp3) is 0.538. The molecule has 0 amide bonds. The molecule has 0 bridgehead atoms. The number of hydrogen-bond donors (Lipinski definition) is 1. The zero-order valence-electron chi connectivity index (χ0n) is 10.9. The van der Waals surface area contributed by atoms with Crippen molar-refractivity contribution in [3.05, 3.63) is 29.8 Å². The highest BCUT2D eigenvalue weighted by Gasteiger charge is 2.28.